The van der Waals surface area contributed by atoms with Crippen LogP contribution in [0.1, 0.15) is 42.3 Å². The summed E-state index contributed by atoms with van der Waals surface area (Å²) in [5.41, 5.74) is 4.57. The number of rotatable bonds is 4. The first kappa shape index (κ1) is 16.4. The van der Waals surface area contributed by atoms with Crippen LogP contribution in [-0.4, -0.2) is 17.3 Å². The standard InChI is InChI=1S/C22H20N2O2S/c1-2-25-17-9-7-15(8-10-17)19-13-20-18-5-3-4-6-21(18)26-22(24(20)23-19)16-11-12-27-14-16/h3-12,14,20,22H,2,13H2,1H3/t20-,22-/m1/s1. The Morgan fingerprint density at radius 1 is 1.15 bits per heavy atom. The van der Waals surface area contributed by atoms with Gasteiger partial charge in [0.05, 0.1) is 18.4 Å². The van der Waals surface area contributed by atoms with E-state index in [1.54, 1.807) is 11.3 Å². The minimum Gasteiger partial charge on any atom is -0.494 e. The molecule has 3 aromatic rings. The van der Waals surface area contributed by atoms with Crippen molar-refractivity contribution in [1.29, 1.82) is 0 Å². The van der Waals surface area contributed by atoms with Crippen molar-refractivity contribution in [2.75, 3.05) is 6.61 Å². The quantitative estimate of drug-likeness (QED) is 0.612. The van der Waals surface area contributed by atoms with Crippen LogP contribution in [0.15, 0.2) is 70.5 Å². The van der Waals surface area contributed by atoms with Crippen LogP contribution in [0.4, 0.5) is 0 Å². The second-order valence-corrected chi connectivity index (χ2v) is 7.45. The topological polar surface area (TPSA) is 34.1 Å². The molecule has 0 spiro atoms. The predicted molar refractivity (Wildman–Crippen MR) is 107 cm³/mol. The zero-order valence-electron chi connectivity index (χ0n) is 15.0. The Hall–Kier alpha value is -2.79. The summed E-state index contributed by atoms with van der Waals surface area (Å²) >= 11 is 1.68. The fourth-order valence-corrected chi connectivity index (χ4v) is 4.42. The summed E-state index contributed by atoms with van der Waals surface area (Å²) in [5, 5.41) is 11.3. The summed E-state index contributed by atoms with van der Waals surface area (Å²) in [6.07, 6.45) is 0.686. The van der Waals surface area contributed by atoms with Gasteiger partial charge in [-0.3, -0.25) is 0 Å². The molecule has 4 nitrogen and oxygen atoms in total. The number of ether oxygens (including phenoxy) is 2. The smallest absolute Gasteiger partial charge is 0.214 e. The average molecular weight is 376 g/mol. The molecule has 2 aromatic carbocycles. The van der Waals surface area contributed by atoms with Gasteiger partial charge in [0.1, 0.15) is 11.5 Å². The van der Waals surface area contributed by atoms with Gasteiger partial charge >= 0.3 is 0 Å². The number of nitrogens with zero attached hydrogens (tertiary/aromatic N) is 2. The van der Waals surface area contributed by atoms with Crippen molar-refractivity contribution in [3.8, 4) is 11.5 Å². The lowest BCUT2D eigenvalue weighted by Gasteiger charge is -2.37. The van der Waals surface area contributed by atoms with Crippen LogP contribution in [0, 0.1) is 0 Å². The van der Waals surface area contributed by atoms with Gasteiger partial charge in [0.15, 0.2) is 0 Å². The Labute approximate surface area is 162 Å². The van der Waals surface area contributed by atoms with Gasteiger partial charge in [0.2, 0.25) is 6.23 Å². The molecule has 5 heteroatoms. The van der Waals surface area contributed by atoms with Crippen molar-refractivity contribution in [2.45, 2.75) is 25.6 Å². The molecule has 0 radical (unpaired) electrons. The molecular formula is C22H20N2O2S. The van der Waals surface area contributed by atoms with E-state index in [-0.39, 0.29) is 12.3 Å². The van der Waals surface area contributed by atoms with E-state index in [4.69, 9.17) is 14.6 Å². The molecule has 0 bridgehead atoms. The fraction of sp³-hybridized carbons (Fsp3) is 0.227. The largest absolute Gasteiger partial charge is 0.494 e. The minimum absolute atomic E-state index is 0.184. The normalized spacial score (nSPS) is 20.5. The summed E-state index contributed by atoms with van der Waals surface area (Å²) in [6.45, 7) is 2.67. The van der Waals surface area contributed by atoms with E-state index in [1.165, 1.54) is 5.56 Å². The van der Waals surface area contributed by atoms with Gasteiger partial charge in [0.25, 0.3) is 0 Å². The molecule has 2 atom stereocenters. The molecule has 2 aliphatic rings. The Balaban J connectivity index is 1.52. The van der Waals surface area contributed by atoms with E-state index < -0.39 is 0 Å². The summed E-state index contributed by atoms with van der Waals surface area (Å²) < 4.78 is 11.9. The Kier molecular flexibility index (Phi) is 4.09. The molecule has 0 amide bonds. The number of hydrogen-bond acceptors (Lipinski definition) is 5. The van der Waals surface area contributed by atoms with Crippen LogP contribution in [0.5, 0.6) is 11.5 Å². The molecule has 0 fully saturated rings. The molecule has 5 rings (SSSR count). The third kappa shape index (κ3) is 2.88. The van der Waals surface area contributed by atoms with E-state index >= 15 is 0 Å². The highest BCUT2D eigenvalue weighted by molar-refractivity contribution is 7.07. The molecule has 2 aliphatic heterocycles. The van der Waals surface area contributed by atoms with E-state index in [0.29, 0.717) is 6.61 Å². The van der Waals surface area contributed by atoms with Crippen LogP contribution >= 0.6 is 11.3 Å². The maximum Gasteiger partial charge on any atom is 0.214 e. The fourth-order valence-electron chi connectivity index (χ4n) is 3.75. The van der Waals surface area contributed by atoms with Crippen molar-refractivity contribution in [3.63, 3.8) is 0 Å². The molecule has 0 saturated heterocycles. The molecule has 136 valence electrons. The molecule has 0 N–H and O–H groups in total. The predicted octanol–water partition coefficient (Wildman–Crippen LogP) is 5.39. The number of hydrazone groups is 1. The van der Waals surface area contributed by atoms with E-state index in [9.17, 15) is 0 Å². The maximum atomic E-state index is 6.33. The zero-order chi connectivity index (χ0) is 18.2. The third-order valence-corrected chi connectivity index (χ3v) is 5.73. The molecule has 27 heavy (non-hydrogen) atoms. The summed E-state index contributed by atoms with van der Waals surface area (Å²) in [5.74, 6) is 1.85. The van der Waals surface area contributed by atoms with Crippen molar-refractivity contribution >= 4 is 17.0 Å². The van der Waals surface area contributed by atoms with Crippen LogP contribution in [0.3, 0.4) is 0 Å². The highest BCUT2D eigenvalue weighted by atomic mass is 32.1. The number of benzene rings is 2. The van der Waals surface area contributed by atoms with Gasteiger partial charge in [-0.15, -0.1) is 0 Å². The SMILES string of the molecule is CCOc1ccc(C2=NN3[C@H](C2)c2ccccc2O[C@@H]3c2ccsc2)cc1. The lowest BCUT2D eigenvalue weighted by molar-refractivity contribution is -0.0187. The average Bonchev–Trinajstić information content (AvgIpc) is 3.39. The lowest BCUT2D eigenvalue weighted by Crippen LogP contribution is -2.33. The van der Waals surface area contributed by atoms with Gasteiger partial charge in [-0.25, -0.2) is 5.01 Å². The summed E-state index contributed by atoms with van der Waals surface area (Å²) in [4.78, 5) is 0. The van der Waals surface area contributed by atoms with Gasteiger partial charge < -0.3 is 9.47 Å². The summed E-state index contributed by atoms with van der Waals surface area (Å²) in [6, 6.07) is 18.8. The summed E-state index contributed by atoms with van der Waals surface area (Å²) in [7, 11) is 0. The van der Waals surface area contributed by atoms with Crippen molar-refractivity contribution in [1.82, 2.24) is 5.01 Å². The highest BCUT2D eigenvalue weighted by Crippen LogP contribution is 2.47. The molecular weight excluding hydrogens is 356 g/mol. The van der Waals surface area contributed by atoms with Crippen LogP contribution in [0.2, 0.25) is 0 Å². The first-order valence-corrected chi connectivity index (χ1v) is 10.1. The molecule has 0 saturated carbocycles. The number of thiophene rings is 1. The third-order valence-electron chi connectivity index (χ3n) is 5.03. The van der Waals surface area contributed by atoms with E-state index in [2.05, 4.69) is 52.2 Å². The molecule has 1 aromatic heterocycles. The highest BCUT2D eigenvalue weighted by Gasteiger charge is 2.40. The second-order valence-electron chi connectivity index (χ2n) is 6.67. The lowest BCUT2D eigenvalue weighted by atomic mass is 9.96. The van der Waals surface area contributed by atoms with E-state index in [1.807, 2.05) is 25.1 Å². The number of fused-ring (bicyclic) bond motifs is 3. The number of hydrogen-bond donors (Lipinski definition) is 0. The van der Waals surface area contributed by atoms with Crippen LogP contribution in [-0.2, 0) is 0 Å². The van der Waals surface area contributed by atoms with Crippen LogP contribution in [0.25, 0.3) is 0 Å². The number of para-hydroxylation sites is 1. The van der Waals surface area contributed by atoms with E-state index in [0.717, 1.165) is 34.8 Å². The van der Waals surface area contributed by atoms with Gasteiger partial charge in [-0.1, -0.05) is 18.2 Å². The van der Waals surface area contributed by atoms with Gasteiger partial charge in [-0.2, -0.15) is 16.4 Å². The van der Waals surface area contributed by atoms with Gasteiger partial charge in [0, 0.05) is 17.5 Å². The molecule has 0 aliphatic carbocycles. The van der Waals surface area contributed by atoms with Gasteiger partial charge in [-0.05, 0) is 59.6 Å². The van der Waals surface area contributed by atoms with Crippen molar-refractivity contribution < 1.29 is 9.47 Å². The Morgan fingerprint density at radius 3 is 2.78 bits per heavy atom. The second kappa shape index (κ2) is 6.74. The Bertz CT molecular complexity index is 966. The first-order valence-electron chi connectivity index (χ1n) is 9.20. The minimum atomic E-state index is -0.184. The molecule has 3 heterocycles. The van der Waals surface area contributed by atoms with Crippen molar-refractivity contribution in [2.24, 2.45) is 5.10 Å². The van der Waals surface area contributed by atoms with Crippen molar-refractivity contribution in [3.05, 3.63) is 82.0 Å². The maximum absolute atomic E-state index is 6.33. The first-order chi connectivity index (χ1) is 13.3. The zero-order valence-corrected chi connectivity index (χ0v) is 15.9. The monoisotopic (exact) mass is 376 g/mol. The Morgan fingerprint density at radius 2 is 2.00 bits per heavy atom. The molecule has 0 unspecified atom stereocenters. The van der Waals surface area contributed by atoms with Crippen LogP contribution < -0.4 is 9.47 Å².